The van der Waals surface area contributed by atoms with E-state index in [1.165, 1.54) is 31.2 Å². The molecule has 0 aliphatic carbocycles. The van der Waals surface area contributed by atoms with Gasteiger partial charge in [0.05, 0.1) is 0 Å². The van der Waals surface area contributed by atoms with Gasteiger partial charge in [-0.1, -0.05) is 57.9 Å². The Morgan fingerprint density at radius 2 is 1.90 bits per heavy atom. The van der Waals surface area contributed by atoms with Crippen molar-refractivity contribution in [2.45, 2.75) is 46.5 Å². The molecule has 0 aliphatic rings. The zero-order valence-corrected chi connectivity index (χ0v) is 13.2. The third kappa shape index (κ3) is 5.79. The van der Waals surface area contributed by atoms with Crippen LogP contribution in [0.4, 0.5) is 0 Å². The Morgan fingerprint density at radius 1 is 1.20 bits per heavy atom. The minimum absolute atomic E-state index is 0.303. The monoisotopic (exact) mass is 275 g/mol. The first-order chi connectivity index (χ1) is 9.63. The number of nitrogens with two attached hydrogens (primary N) is 1. The molecule has 20 heavy (non-hydrogen) atoms. The van der Waals surface area contributed by atoms with E-state index in [1.807, 2.05) is 12.1 Å². The molecule has 0 saturated heterocycles. The molecule has 0 fully saturated rings. The van der Waals surface area contributed by atoms with Crippen LogP contribution in [0.1, 0.15) is 52.0 Å². The number of allylic oxidation sites excluding steroid dienone is 1. The van der Waals surface area contributed by atoms with Crippen LogP contribution in [0.3, 0.4) is 0 Å². The van der Waals surface area contributed by atoms with E-state index < -0.39 is 0 Å². The molecule has 0 amide bonds. The van der Waals surface area contributed by atoms with Crippen LogP contribution in [0.15, 0.2) is 30.3 Å². The number of rotatable bonds is 9. The first-order valence-corrected chi connectivity index (χ1v) is 7.75. The largest absolute Gasteiger partial charge is 0.492 e. The normalized spacial score (nSPS) is 12.0. The van der Waals surface area contributed by atoms with E-state index in [0.29, 0.717) is 18.6 Å². The summed E-state index contributed by atoms with van der Waals surface area (Å²) in [6, 6.07) is 8.20. The van der Waals surface area contributed by atoms with Gasteiger partial charge in [-0.3, -0.25) is 0 Å². The number of benzene rings is 1. The zero-order chi connectivity index (χ0) is 14.8. The van der Waals surface area contributed by atoms with E-state index in [0.717, 1.165) is 5.75 Å². The third-order valence-electron chi connectivity index (χ3n) is 3.57. The minimum Gasteiger partial charge on any atom is -0.492 e. The first-order valence-electron chi connectivity index (χ1n) is 7.75. The van der Waals surface area contributed by atoms with Crippen LogP contribution >= 0.6 is 0 Å². The van der Waals surface area contributed by atoms with Crippen molar-refractivity contribution in [1.82, 2.24) is 0 Å². The molecule has 2 N–H and O–H groups in total. The number of hydrogen-bond acceptors (Lipinski definition) is 2. The second-order valence-corrected chi connectivity index (χ2v) is 5.70. The molecule has 0 saturated carbocycles. The van der Waals surface area contributed by atoms with E-state index in [1.54, 1.807) is 0 Å². The standard InChI is InChI=1S/C18H29NO/c1-4-10-18(3,11-5-2)12-9-16-7-6-8-17(15-16)20-14-13-19/h6-9,12,15H,4-5,10-11,13-14,19H2,1-3H3/b12-9+. The smallest absolute Gasteiger partial charge is 0.119 e. The average molecular weight is 275 g/mol. The summed E-state index contributed by atoms with van der Waals surface area (Å²) in [5.41, 5.74) is 6.95. The van der Waals surface area contributed by atoms with Gasteiger partial charge >= 0.3 is 0 Å². The first kappa shape index (κ1) is 16.8. The van der Waals surface area contributed by atoms with Crippen LogP contribution in [-0.4, -0.2) is 13.2 Å². The Morgan fingerprint density at radius 3 is 2.50 bits per heavy atom. The summed E-state index contributed by atoms with van der Waals surface area (Å²) in [5.74, 6) is 0.894. The van der Waals surface area contributed by atoms with Gasteiger partial charge < -0.3 is 10.5 Å². The number of ether oxygens (including phenoxy) is 1. The van der Waals surface area contributed by atoms with Crippen LogP contribution in [0.5, 0.6) is 5.75 Å². The molecule has 0 unspecified atom stereocenters. The van der Waals surface area contributed by atoms with Gasteiger partial charge in [0.1, 0.15) is 12.4 Å². The average Bonchev–Trinajstić information content (AvgIpc) is 2.44. The molecule has 0 aliphatic heterocycles. The van der Waals surface area contributed by atoms with E-state index >= 15 is 0 Å². The molecule has 0 heterocycles. The van der Waals surface area contributed by atoms with Crippen LogP contribution in [0, 0.1) is 5.41 Å². The van der Waals surface area contributed by atoms with Crippen molar-refractivity contribution in [3.8, 4) is 5.75 Å². The summed E-state index contributed by atoms with van der Waals surface area (Å²) in [6.07, 6.45) is 9.51. The lowest BCUT2D eigenvalue weighted by atomic mass is 9.81. The summed E-state index contributed by atoms with van der Waals surface area (Å²) in [6.45, 7) is 7.97. The minimum atomic E-state index is 0.303. The van der Waals surface area contributed by atoms with Crippen LogP contribution < -0.4 is 10.5 Å². The van der Waals surface area contributed by atoms with Gasteiger partial charge in [0.2, 0.25) is 0 Å². The Balaban J connectivity index is 2.76. The van der Waals surface area contributed by atoms with Crippen molar-refractivity contribution in [2.75, 3.05) is 13.2 Å². The van der Waals surface area contributed by atoms with Crippen molar-refractivity contribution in [1.29, 1.82) is 0 Å². The van der Waals surface area contributed by atoms with E-state index in [-0.39, 0.29) is 0 Å². The Bertz CT molecular complexity index is 406. The third-order valence-corrected chi connectivity index (χ3v) is 3.57. The van der Waals surface area contributed by atoms with Crippen molar-refractivity contribution < 1.29 is 4.74 Å². The highest BCUT2D eigenvalue weighted by atomic mass is 16.5. The lowest BCUT2D eigenvalue weighted by Crippen LogP contribution is -2.12. The summed E-state index contributed by atoms with van der Waals surface area (Å²) < 4.78 is 5.56. The fourth-order valence-electron chi connectivity index (χ4n) is 2.62. The molecule has 2 heteroatoms. The summed E-state index contributed by atoms with van der Waals surface area (Å²) in [4.78, 5) is 0. The van der Waals surface area contributed by atoms with Gasteiger partial charge in [-0.25, -0.2) is 0 Å². The van der Waals surface area contributed by atoms with Gasteiger partial charge in [0, 0.05) is 6.54 Å². The molecule has 1 rings (SSSR count). The maximum absolute atomic E-state index is 5.56. The molecule has 0 atom stereocenters. The van der Waals surface area contributed by atoms with Gasteiger partial charge in [-0.05, 0) is 36.0 Å². The molecule has 112 valence electrons. The topological polar surface area (TPSA) is 35.2 Å². The molecular weight excluding hydrogens is 246 g/mol. The molecule has 2 nitrogen and oxygen atoms in total. The molecule has 1 aromatic rings. The highest BCUT2D eigenvalue weighted by molar-refractivity contribution is 5.52. The molecule has 1 aromatic carbocycles. The summed E-state index contributed by atoms with van der Waals surface area (Å²) >= 11 is 0. The SMILES string of the molecule is CCCC(C)(/C=C/c1cccc(OCCN)c1)CCC. The Kier molecular flexibility index (Phi) is 7.38. The Hall–Kier alpha value is -1.28. The summed E-state index contributed by atoms with van der Waals surface area (Å²) in [5, 5.41) is 0. The lowest BCUT2D eigenvalue weighted by molar-refractivity contribution is 0.328. The second-order valence-electron chi connectivity index (χ2n) is 5.70. The van der Waals surface area contributed by atoms with Crippen molar-refractivity contribution in [2.24, 2.45) is 11.1 Å². The molecular formula is C18H29NO. The van der Waals surface area contributed by atoms with Gasteiger partial charge in [-0.2, -0.15) is 0 Å². The van der Waals surface area contributed by atoms with Crippen LogP contribution in [-0.2, 0) is 0 Å². The quantitative estimate of drug-likeness (QED) is 0.712. The molecule has 0 spiro atoms. The fraction of sp³-hybridized carbons (Fsp3) is 0.556. The lowest BCUT2D eigenvalue weighted by Gasteiger charge is -2.25. The summed E-state index contributed by atoms with van der Waals surface area (Å²) in [7, 11) is 0. The van der Waals surface area contributed by atoms with Crippen molar-refractivity contribution >= 4 is 6.08 Å². The predicted molar refractivity (Wildman–Crippen MR) is 87.9 cm³/mol. The molecule has 0 aromatic heterocycles. The zero-order valence-electron chi connectivity index (χ0n) is 13.2. The van der Waals surface area contributed by atoms with E-state index in [2.05, 4.69) is 45.1 Å². The Labute approximate surface area is 124 Å². The van der Waals surface area contributed by atoms with Gasteiger partial charge in [0.15, 0.2) is 0 Å². The number of hydrogen-bond donors (Lipinski definition) is 1. The predicted octanol–water partition coefficient (Wildman–Crippen LogP) is 4.64. The van der Waals surface area contributed by atoms with Gasteiger partial charge in [-0.15, -0.1) is 0 Å². The van der Waals surface area contributed by atoms with Crippen molar-refractivity contribution in [3.05, 3.63) is 35.9 Å². The van der Waals surface area contributed by atoms with Crippen LogP contribution in [0.25, 0.3) is 6.08 Å². The van der Waals surface area contributed by atoms with E-state index in [4.69, 9.17) is 10.5 Å². The van der Waals surface area contributed by atoms with Crippen LogP contribution in [0.2, 0.25) is 0 Å². The maximum atomic E-state index is 5.56. The maximum Gasteiger partial charge on any atom is 0.119 e. The molecule has 0 bridgehead atoms. The highest BCUT2D eigenvalue weighted by Crippen LogP contribution is 2.31. The molecule has 0 radical (unpaired) electrons. The van der Waals surface area contributed by atoms with E-state index in [9.17, 15) is 0 Å². The van der Waals surface area contributed by atoms with Crippen molar-refractivity contribution in [3.63, 3.8) is 0 Å². The highest BCUT2D eigenvalue weighted by Gasteiger charge is 2.18. The second kappa shape index (κ2) is 8.80. The fourth-order valence-corrected chi connectivity index (χ4v) is 2.62. The van der Waals surface area contributed by atoms with Gasteiger partial charge in [0.25, 0.3) is 0 Å².